The fourth-order valence-electron chi connectivity index (χ4n) is 4.76. The standard InChI is InChI=1S/C27H32N6O5/c1-35-21-8-6-18(7-9-21)14-33-26(29-30-31-33)17-32(16-22-5-4-10-38-22)15-20-11-19-12-24(36-2)25(37-3)13-23(19)28-27(20)34/h6-9,11-13,22H,4-5,10,14-17H2,1-3H3,(H,28,34). The van der Waals surface area contributed by atoms with E-state index < -0.39 is 0 Å². The monoisotopic (exact) mass is 520 g/mol. The second kappa shape index (κ2) is 11.6. The molecule has 1 N–H and O–H groups in total. The molecule has 5 rings (SSSR count). The van der Waals surface area contributed by atoms with Crippen LogP contribution in [-0.4, -0.2) is 70.7 Å². The molecule has 2 aromatic heterocycles. The predicted octanol–water partition coefficient (Wildman–Crippen LogP) is 2.77. The van der Waals surface area contributed by atoms with Gasteiger partial charge in [-0.3, -0.25) is 9.69 Å². The van der Waals surface area contributed by atoms with Crippen LogP contribution in [0.4, 0.5) is 0 Å². The zero-order chi connectivity index (χ0) is 26.5. The van der Waals surface area contributed by atoms with Gasteiger partial charge in [-0.1, -0.05) is 12.1 Å². The minimum atomic E-state index is -0.153. The summed E-state index contributed by atoms with van der Waals surface area (Å²) in [6.45, 7) is 2.82. The van der Waals surface area contributed by atoms with Crippen LogP contribution in [0.1, 0.15) is 29.8 Å². The van der Waals surface area contributed by atoms with Crippen molar-refractivity contribution in [1.29, 1.82) is 0 Å². The van der Waals surface area contributed by atoms with Crippen LogP contribution >= 0.6 is 0 Å². The van der Waals surface area contributed by atoms with Crippen molar-refractivity contribution in [2.75, 3.05) is 34.5 Å². The Morgan fingerprint density at radius 3 is 2.55 bits per heavy atom. The van der Waals surface area contributed by atoms with E-state index in [0.717, 1.165) is 36.1 Å². The highest BCUT2D eigenvalue weighted by Crippen LogP contribution is 2.31. The average molecular weight is 521 g/mol. The van der Waals surface area contributed by atoms with Gasteiger partial charge in [0.2, 0.25) is 0 Å². The van der Waals surface area contributed by atoms with Gasteiger partial charge in [0.15, 0.2) is 17.3 Å². The van der Waals surface area contributed by atoms with E-state index in [1.165, 1.54) is 0 Å². The number of pyridine rings is 1. The molecular weight excluding hydrogens is 488 g/mol. The minimum absolute atomic E-state index is 0.102. The lowest BCUT2D eigenvalue weighted by atomic mass is 10.1. The second-order valence-electron chi connectivity index (χ2n) is 9.32. The smallest absolute Gasteiger partial charge is 0.252 e. The Bertz CT molecular complexity index is 1430. The molecule has 1 aliphatic rings. The Morgan fingerprint density at radius 2 is 1.84 bits per heavy atom. The molecular formula is C27H32N6O5. The largest absolute Gasteiger partial charge is 0.497 e. The normalized spacial score (nSPS) is 15.3. The SMILES string of the molecule is COc1ccc(Cn2nnnc2CN(Cc2cc3cc(OC)c(OC)cc3[nH]c2=O)CC2CCCO2)cc1. The molecule has 11 nitrogen and oxygen atoms in total. The van der Waals surface area contributed by atoms with Crippen LogP contribution in [0.2, 0.25) is 0 Å². The number of fused-ring (bicyclic) bond motifs is 1. The number of rotatable bonds is 11. The van der Waals surface area contributed by atoms with Crippen LogP contribution in [0.25, 0.3) is 10.9 Å². The topological polar surface area (TPSA) is 117 Å². The molecule has 1 unspecified atom stereocenters. The quantitative estimate of drug-likeness (QED) is 0.319. The van der Waals surface area contributed by atoms with E-state index in [0.29, 0.717) is 54.6 Å². The van der Waals surface area contributed by atoms with Crippen LogP contribution < -0.4 is 19.8 Å². The molecule has 0 bridgehead atoms. The second-order valence-corrected chi connectivity index (χ2v) is 9.32. The van der Waals surface area contributed by atoms with Crippen LogP contribution in [-0.2, 0) is 24.4 Å². The van der Waals surface area contributed by atoms with Gasteiger partial charge in [0.1, 0.15) is 5.75 Å². The number of nitrogens with one attached hydrogen (secondary N) is 1. The van der Waals surface area contributed by atoms with Crippen LogP contribution in [0.5, 0.6) is 17.2 Å². The number of aromatic amines is 1. The summed E-state index contributed by atoms with van der Waals surface area (Å²) in [7, 11) is 4.81. The maximum Gasteiger partial charge on any atom is 0.252 e. The molecule has 38 heavy (non-hydrogen) atoms. The third-order valence-corrected chi connectivity index (χ3v) is 6.77. The van der Waals surface area contributed by atoms with Gasteiger partial charge >= 0.3 is 0 Å². The number of ether oxygens (including phenoxy) is 4. The third-order valence-electron chi connectivity index (χ3n) is 6.77. The van der Waals surface area contributed by atoms with Crippen molar-refractivity contribution in [3.8, 4) is 17.2 Å². The molecule has 0 saturated carbocycles. The molecule has 0 amide bonds. The van der Waals surface area contributed by atoms with Crippen molar-refractivity contribution in [2.24, 2.45) is 0 Å². The summed E-state index contributed by atoms with van der Waals surface area (Å²) in [6.07, 6.45) is 2.12. The summed E-state index contributed by atoms with van der Waals surface area (Å²) in [6, 6.07) is 13.4. The van der Waals surface area contributed by atoms with Gasteiger partial charge in [0.25, 0.3) is 5.56 Å². The third kappa shape index (κ3) is 5.79. The highest BCUT2D eigenvalue weighted by Gasteiger charge is 2.22. The molecule has 0 radical (unpaired) electrons. The van der Waals surface area contributed by atoms with Gasteiger partial charge in [-0.25, -0.2) is 4.68 Å². The Hall–Kier alpha value is -3.96. The summed E-state index contributed by atoms with van der Waals surface area (Å²) in [5.41, 5.74) is 2.22. The number of H-pyrrole nitrogens is 1. The summed E-state index contributed by atoms with van der Waals surface area (Å²) in [5, 5.41) is 13.3. The van der Waals surface area contributed by atoms with Gasteiger partial charge in [0, 0.05) is 36.7 Å². The first-order valence-electron chi connectivity index (χ1n) is 12.6. The molecule has 4 aromatic rings. The lowest BCUT2D eigenvalue weighted by Gasteiger charge is -2.24. The fourth-order valence-corrected chi connectivity index (χ4v) is 4.76. The summed E-state index contributed by atoms with van der Waals surface area (Å²) in [4.78, 5) is 18.2. The molecule has 1 aliphatic heterocycles. The fraction of sp³-hybridized carbons (Fsp3) is 0.407. The van der Waals surface area contributed by atoms with E-state index in [-0.39, 0.29) is 11.7 Å². The Balaban J connectivity index is 1.40. The van der Waals surface area contributed by atoms with Gasteiger partial charge in [-0.05, 0) is 53.1 Å². The number of tetrazole rings is 1. The molecule has 1 atom stereocenters. The number of hydrogen-bond acceptors (Lipinski definition) is 9. The van der Waals surface area contributed by atoms with Crippen molar-refractivity contribution >= 4 is 10.9 Å². The average Bonchev–Trinajstić information content (AvgIpc) is 3.61. The van der Waals surface area contributed by atoms with E-state index >= 15 is 0 Å². The Morgan fingerprint density at radius 1 is 1.05 bits per heavy atom. The van der Waals surface area contributed by atoms with E-state index in [9.17, 15) is 4.79 Å². The molecule has 200 valence electrons. The number of methoxy groups -OCH3 is 3. The van der Waals surface area contributed by atoms with Crippen LogP contribution in [0.15, 0.2) is 47.3 Å². The number of benzene rings is 2. The molecule has 3 heterocycles. The molecule has 1 saturated heterocycles. The zero-order valence-corrected chi connectivity index (χ0v) is 21.8. The molecule has 0 aliphatic carbocycles. The summed E-state index contributed by atoms with van der Waals surface area (Å²) >= 11 is 0. The van der Waals surface area contributed by atoms with Crippen molar-refractivity contribution in [3.63, 3.8) is 0 Å². The zero-order valence-electron chi connectivity index (χ0n) is 21.8. The number of aromatic nitrogens is 5. The van der Waals surface area contributed by atoms with Crippen molar-refractivity contribution in [2.45, 2.75) is 38.6 Å². The van der Waals surface area contributed by atoms with Crippen molar-refractivity contribution < 1.29 is 18.9 Å². The summed E-state index contributed by atoms with van der Waals surface area (Å²) < 4.78 is 23.8. The van der Waals surface area contributed by atoms with E-state index in [1.807, 2.05) is 36.4 Å². The lowest BCUT2D eigenvalue weighted by Crippen LogP contribution is -2.34. The predicted molar refractivity (Wildman–Crippen MR) is 141 cm³/mol. The van der Waals surface area contributed by atoms with Crippen LogP contribution in [0.3, 0.4) is 0 Å². The minimum Gasteiger partial charge on any atom is -0.497 e. The van der Waals surface area contributed by atoms with E-state index in [1.54, 1.807) is 32.1 Å². The summed E-state index contributed by atoms with van der Waals surface area (Å²) in [5.74, 6) is 2.67. The lowest BCUT2D eigenvalue weighted by molar-refractivity contribution is 0.0663. The molecule has 1 fully saturated rings. The Kier molecular flexibility index (Phi) is 7.85. The first-order valence-corrected chi connectivity index (χ1v) is 12.6. The Labute approximate surface area is 220 Å². The van der Waals surface area contributed by atoms with Crippen molar-refractivity contribution in [3.05, 3.63) is 69.8 Å². The maximum absolute atomic E-state index is 13.1. The highest BCUT2D eigenvalue weighted by molar-refractivity contribution is 5.83. The van der Waals surface area contributed by atoms with E-state index in [2.05, 4.69) is 25.4 Å². The first-order chi connectivity index (χ1) is 18.6. The van der Waals surface area contributed by atoms with Crippen LogP contribution in [0, 0.1) is 0 Å². The molecule has 2 aromatic carbocycles. The molecule has 0 spiro atoms. The number of nitrogens with zero attached hydrogens (tertiary/aromatic N) is 5. The maximum atomic E-state index is 13.1. The van der Waals surface area contributed by atoms with Gasteiger partial charge in [-0.2, -0.15) is 0 Å². The first kappa shape index (κ1) is 25.7. The molecule has 11 heteroatoms. The van der Waals surface area contributed by atoms with E-state index in [4.69, 9.17) is 18.9 Å². The van der Waals surface area contributed by atoms with Gasteiger partial charge in [-0.15, -0.1) is 5.10 Å². The van der Waals surface area contributed by atoms with Gasteiger partial charge < -0.3 is 23.9 Å². The van der Waals surface area contributed by atoms with Gasteiger partial charge in [0.05, 0.1) is 46.0 Å². The van der Waals surface area contributed by atoms with Crippen molar-refractivity contribution in [1.82, 2.24) is 30.1 Å². The number of hydrogen-bond donors (Lipinski definition) is 1. The highest BCUT2D eigenvalue weighted by atomic mass is 16.5.